The van der Waals surface area contributed by atoms with Gasteiger partial charge in [-0.05, 0) is 17.7 Å². The quantitative estimate of drug-likeness (QED) is 0.584. The van der Waals surface area contributed by atoms with Crippen molar-refractivity contribution in [2.75, 3.05) is 19.0 Å². The summed E-state index contributed by atoms with van der Waals surface area (Å²) >= 11 is 1.03. The molecule has 0 fully saturated rings. The number of aromatic nitrogens is 1. The number of carbonyl (C=O) groups is 3. The van der Waals surface area contributed by atoms with Gasteiger partial charge in [-0.3, -0.25) is 9.59 Å². The Hall–Kier alpha value is -3.57. The second-order valence-electron chi connectivity index (χ2n) is 6.42. The van der Waals surface area contributed by atoms with Gasteiger partial charge in [0.05, 0.1) is 17.6 Å². The Balaban J connectivity index is 1.58. The Labute approximate surface area is 181 Å². The fraction of sp³-hybridized carbons (Fsp3) is 0.100. The Kier molecular flexibility index (Phi) is 5.29. The van der Waals surface area contributed by atoms with Gasteiger partial charge >= 0.3 is 5.97 Å². The second-order valence-corrected chi connectivity index (χ2v) is 9.25. The first-order valence-electron chi connectivity index (χ1n) is 8.93. The van der Waals surface area contributed by atoms with Gasteiger partial charge in [-0.15, -0.1) is 0 Å². The minimum atomic E-state index is -4.11. The molecule has 0 saturated heterocycles. The number of thiazole rings is 1. The molecule has 2 amide bonds. The van der Waals surface area contributed by atoms with E-state index in [1.165, 1.54) is 25.3 Å². The fourth-order valence-electron chi connectivity index (χ4n) is 3.07. The number of amides is 2. The molecule has 31 heavy (non-hydrogen) atoms. The lowest BCUT2D eigenvalue weighted by Gasteiger charge is -2.13. The van der Waals surface area contributed by atoms with Crippen LogP contribution < -0.4 is 5.32 Å². The molecular weight excluding hydrogens is 442 g/mol. The number of fused-ring (bicyclic) bond motifs is 1. The highest BCUT2D eigenvalue weighted by molar-refractivity contribution is 7.90. The number of sulfonamides is 1. The summed E-state index contributed by atoms with van der Waals surface area (Å²) < 4.78 is 30.5. The summed E-state index contributed by atoms with van der Waals surface area (Å²) in [6.07, 6.45) is 0. The number of ether oxygens (including phenoxy) is 1. The smallest absolute Gasteiger partial charge is 0.358 e. The standard InChI is InChI=1S/C20H15N3O6S2/c1-29-19(26)16-17(12-7-3-2-4-8-12)30-20(22-16)21-15(24)11-23-18(25)13-9-5-6-10-14(13)31(23,27)28/h2-10H,11H2,1H3,(H,21,22,24). The molecule has 0 spiro atoms. The molecule has 0 atom stereocenters. The van der Waals surface area contributed by atoms with E-state index < -0.39 is 34.4 Å². The number of nitrogens with one attached hydrogen (secondary N) is 1. The summed E-state index contributed by atoms with van der Waals surface area (Å²) in [7, 11) is -2.90. The predicted molar refractivity (Wildman–Crippen MR) is 112 cm³/mol. The van der Waals surface area contributed by atoms with Crippen LogP contribution in [0.4, 0.5) is 5.13 Å². The number of methoxy groups -OCH3 is 1. The average Bonchev–Trinajstić information content (AvgIpc) is 3.27. The van der Waals surface area contributed by atoms with Crippen LogP contribution in [0.15, 0.2) is 59.5 Å². The molecule has 2 aromatic carbocycles. The Morgan fingerprint density at radius 2 is 1.77 bits per heavy atom. The number of hydrogen-bond donors (Lipinski definition) is 1. The van der Waals surface area contributed by atoms with Crippen LogP contribution in [-0.2, 0) is 19.6 Å². The van der Waals surface area contributed by atoms with Gasteiger partial charge in [-0.2, -0.15) is 0 Å². The maximum atomic E-state index is 12.6. The molecule has 158 valence electrons. The molecule has 0 unspecified atom stereocenters. The first kappa shape index (κ1) is 20.7. The third-order valence-electron chi connectivity index (χ3n) is 4.49. The van der Waals surface area contributed by atoms with Gasteiger partial charge < -0.3 is 10.1 Å². The summed E-state index contributed by atoms with van der Waals surface area (Å²) in [5, 5.41) is 2.54. The largest absolute Gasteiger partial charge is 0.464 e. The number of benzene rings is 2. The van der Waals surface area contributed by atoms with Crippen LogP contribution in [0.3, 0.4) is 0 Å². The molecule has 0 saturated carbocycles. The van der Waals surface area contributed by atoms with E-state index in [-0.39, 0.29) is 21.3 Å². The molecular formula is C20H15N3O6S2. The number of esters is 1. The fourth-order valence-corrected chi connectivity index (χ4v) is 5.57. The normalized spacial score (nSPS) is 14.2. The third-order valence-corrected chi connectivity index (χ3v) is 7.29. The molecule has 1 aliphatic rings. The molecule has 1 N–H and O–H groups in total. The van der Waals surface area contributed by atoms with Crippen molar-refractivity contribution in [3.63, 3.8) is 0 Å². The van der Waals surface area contributed by atoms with Crippen LogP contribution in [0.5, 0.6) is 0 Å². The summed E-state index contributed by atoms with van der Waals surface area (Å²) in [6, 6.07) is 14.7. The average molecular weight is 457 g/mol. The van der Waals surface area contributed by atoms with Crippen molar-refractivity contribution < 1.29 is 27.5 Å². The molecule has 2 heterocycles. The van der Waals surface area contributed by atoms with Crippen molar-refractivity contribution >= 4 is 44.3 Å². The first-order chi connectivity index (χ1) is 14.8. The summed E-state index contributed by atoms with van der Waals surface area (Å²) in [4.78, 5) is 41.6. The van der Waals surface area contributed by atoms with Gasteiger partial charge in [-0.1, -0.05) is 53.8 Å². The first-order valence-corrected chi connectivity index (χ1v) is 11.2. The summed E-state index contributed by atoms with van der Waals surface area (Å²) in [6.45, 7) is -0.719. The molecule has 9 nitrogen and oxygen atoms in total. The molecule has 11 heteroatoms. The van der Waals surface area contributed by atoms with Gasteiger partial charge in [0.1, 0.15) is 11.4 Å². The van der Waals surface area contributed by atoms with Crippen LogP contribution >= 0.6 is 11.3 Å². The van der Waals surface area contributed by atoms with Crippen molar-refractivity contribution in [2.24, 2.45) is 0 Å². The van der Waals surface area contributed by atoms with Crippen molar-refractivity contribution in [3.05, 3.63) is 65.9 Å². The van der Waals surface area contributed by atoms with E-state index in [0.717, 1.165) is 11.3 Å². The monoisotopic (exact) mass is 457 g/mol. The zero-order valence-electron chi connectivity index (χ0n) is 16.1. The van der Waals surface area contributed by atoms with Crippen molar-refractivity contribution in [2.45, 2.75) is 4.90 Å². The van der Waals surface area contributed by atoms with Crippen molar-refractivity contribution in [1.82, 2.24) is 9.29 Å². The number of rotatable bonds is 5. The van der Waals surface area contributed by atoms with Gasteiger partial charge in [0.25, 0.3) is 15.9 Å². The zero-order chi connectivity index (χ0) is 22.2. The molecule has 0 aliphatic carbocycles. The number of nitrogens with zero attached hydrogens (tertiary/aromatic N) is 2. The van der Waals surface area contributed by atoms with Gasteiger partial charge in [-0.25, -0.2) is 22.5 Å². The molecule has 0 bridgehead atoms. The second kappa shape index (κ2) is 7.93. The third kappa shape index (κ3) is 3.68. The zero-order valence-corrected chi connectivity index (χ0v) is 17.7. The Bertz CT molecular complexity index is 1300. The van der Waals surface area contributed by atoms with E-state index in [9.17, 15) is 22.8 Å². The SMILES string of the molecule is COC(=O)c1nc(NC(=O)CN2C(=O)c3ccccc3S2(=O)=O)sc1-c1ccccc1. The minimum absolute atomic E-state index is 0.0175. The van der Waals surface area contributed by atoms with Crippen LogP contribution in [0.1, 0.15) is 20.8 Å². The van der Waals surface area contributed by atoms with Crippen LogP contribution in [0.25, 0.3) is 10.4 Å². The van der Waals surface area contributed by atoms with Crippen molar-refractivity contribution in [1.29, 1.82) is 0 Å². The topological polar surface area (TPSA) is 123 Å². The lowest BCUT2D eigenvalue weighted by Crippen LogP contribution is -2.37. The molecule has 1 aromatic heterocycles. The van der Waals surface area contributed by atoms with Crippen LogP contribution in [-0.4, -0.2) is 49.1 Å². The number of carbonyl (C=O) groups excluding carboxylic acids is 3. The lowest BCUT2D eigenvalue weighted by molar-refractivity contribution is -0.116. The highest BCUT2D eigenvalue weighted by Gasteiger charge is 2.41. The predicted octanol–water partition coefficient (Wildman–Crippen LogP) is 2.38. The van der Waals surface area contributed by atoms with Crippen LogP contribution in [0, 0.1) is 0 Å². The van der Waals surface area contributed by atoms with Crippen LogP contribution in [0.2, 0.25) is 0 Å². The Morgan fingerprint density at radius 3 is 2.45 bits per heavy atom. The highest BCUT2D eigenvalue weighted by atomic mass is 32.2. The molecule has 3 aromatic rings. The van der Waals surface area contributed by atoms with E-state index in [4.69, 9.17) is 4.74 Å². The number of anilines is 1. The summed E-state index contributed by atoms with van der Waals surface area (Å²) in [5.74, 6) is -2.22. The van der Waals surface area contributed by atoms with E-state index in [1.807, 2.05) is 6.07 Å². The molecule has 4 rings (SSSR count). The minimum Gasteiger partial charge on any atom is -0.464 e. The van der Waals surface area contributed by atoms with Gasteiger partial charge in [0, 0.05) is 0 Å². The maximum absolute atomic E-state index is 12.6. The van der Waals surface area contributed by atoms with E-state index in [1.54, 1.807) is 30.3 Å². The van der Waals surface area contributed by atoms with E-state index in [2.05, 4.69) is 10.3 Å². The molecule has 1 aliphatic heterocycles. The Morgan fingerprint density at radius 1 is 1.10 bits per heavy atom. The van der Waals surface area contributed by atoms with E-state index >= 15 is 0 Å². The molecule has 0 radical (unpaired) electrons. The highest BCUT2D eigenvalue weighted by Crippen LogP contribution is 2.34. The maximum Gasteiger partial charge on any atom is 0.358 e. The van der Waals surface area contributed by atoms with E-state index in [0.29, 0.717) is 14.7 Å². The van der Waals surface area contributed by atoms with Gasteiger partial charge in [0.2, 0.25) is 5.91 Å². The summed E-state index contributed by atoms with van der Waals surface area (Å²) in [5.41, 5.74) is 0.740. The van der Waals surface area contributed by atoms with Crippen molar-refractivity contribution in [3.8, 4) is 10.4 Å². The lowest BCUT2D eigenvalue weighted by atomic mass is 10.1. The van der Waals surface area contributed by atoms with Gasteiger partial charge in [0.15, 0.2) is 10.8 Å². The number of hydrogen-bond acceptors (Lipinski definition) is 8.